The number of methoxy groups -OCH3 is 2. The van der Waals surface area contributed by atoms with Gasteiger partial charge in [-0.3, -0.25) is 9.59 Å². The summed E-state index contributed by atoms with van der Waals surface area (Å²) in [6.45, 7) is 0.561. The average Bonchev–Trinajstić information content (AvgIpc) is 3.37. The molecule has 7 heteroatoms. The van der Waals surface area contributed by atoms with Crippen LogP contribution in [0.2, 0.25) is 0 Å². The second-order valence-electron chi connectivity index (χ2n) is 7.74. The number of anilines is 2. The Kier molecular flexibility index (Phi) is 5.09. The minimum atomic E-state index is -0.491. The zero-order valence-corrected chi connectivity index (χ0v) is 18.2. The first-order chi connectivity index (χ1) is 16.0. The lowest BCUT2D eigenvalue weighted by atomic mass is 10.0. The molecule has 0 fully saturated rings. The summed E-state index contributed by atoms with van der Waals surface area (Å²) >= 11 is 0. The number of para-hydroxylation sites is 1. The number of amides is 2. The molecule has 166 valence electrons. The molecule has 2 aliphatic rings. The molecule has 2 amide bonds. The molecule has 5 rings (SSSR count). The highest BCUT2D eigenvalue weighted by Gasteiger charge is 2.45. The molecule has 0 radical (unpaired) electrons. The Morgan fingerprint density at radius 1 is 0.848 bits per heavy atom. The lowest BCUT2D eigenvalue weighted by molar-refractivity contribution is -0.120. The number of halogens is 1. The Bertz CT molecular complexity index is 1300. The summed E-state index contributed by atoms with van der Waals surface area (Å²) < 4.78 is 24.3. The van der Waals surface area contributed by atoms with E-state index in [1.54, 1.807) is 18.2 Å². The molecular formula is C26H21FN2O4. The number of nitrogens with zero attached hydrogens (tertiary/aromatic N) is 2. The summed E-state index contributed by atoms with van der Waals surface area (Å²) in [5.74, 6) is -0.500. The fourth-order valence-corrected chi connectivity index (χ4v) is 4.40. The molecule has 0 bridgehead atoms. The van der Waals surface area contributed by atoms with Crippen molar-refractivity contribution >= 4 is 28.8 Å². The monoisotopic (exact) mass is 444 g/mol. The van der Waals surface area contributed by atoms with Gasteiger partial charge in [-0.1, -0.05) is 30.3 Å². The van der Waals surface area contributed by atoms with E-state index in [9.17, 15) is 14.0 Å². The van der Waals surface area contributed by atoms with Crippen LogP contribution in [0.3, 0.4) is 0 Å². The van der Waals surface area contributed by atoms with Gasteiger partial charge in [0.1, 0.15) is 23.0 Å². The predicted molar refractivity (Wildman–Crippen MR) is 123 cm³/mol. The number of benzene rings is 3. The smallest absolute Gasteiger partial charge is 0.282 e. The summed E-state index contributed by atoms with van der Waals surface area (Å²) in [6, 6.07) is 18.3. The topological polar surface area (TPSA) is 59.1 Å². The highest BCUT2D eigenvalue weighted by molar-refractivity contribution is 6.46. The number of rotatable bonds is 5. The molecular weight excluding hydrogens is 423 g/mol. The van der Waals surface area contributed by atoms with E-state index >= 15 is 0 Å². The Morgan fingerprint density at radius 2 is 1.61 bits per heavy atom. The first kappa shape index (κ1) is 20.8. The highest BCUT2D eigenvalue weighted by atomic mass is 19.1. The van der Waals surface area contributed by atoms with Gasteiger partial charge >= 0.3 is 0 Å². The fraction of sp³-hybridized carbons (Fsp3) is 0.154. The second-order valence-corrected chi connectivity index (χ2v) is 7.74. The summed E-state index contributed by atoms with van der Waals surface area (Å²) in [5, 5.41) is 0. The van der Waals surface area contributed by atoms with Gasteiger partial charge in [-0.15, -0.1) is 0 Å². The average molecular weight is 444 g/mol. The van der Waals surface area contributed by atoms with Crippen molar-refractivity contribution in [2.45, 2.75) is 6.42 Å². The van der Waals surface area contributed by atoms with Crippen LogP contribution in [0.5, 0.6) is 11.5 Å². The van der Waals surface area contributed by atoms with E-state index in [0.29, 0.717) is 29.3 Å². The molecule has 6 nitrogen and oxygen atoms in total. The van der Waals surface area contributed by atoms with E-state index in [-0.39, 0.29) is 11.3 Å². The maximum Gasteiger partial charge on any atom is 0.282 e. The van der Waals surface area contributed by atoms with Crippen LogP contribution >= 0.6 is 0 Å². The van der Waals surface area contributed by atoms with Gasteiger partial charge in [-0.2, -0.15) is 0 Å². The lowest BCUT2D eigenvalue weighted by Gasteiger charge is -2.22. The highest BCUT2D eigenvalue weighted by Crippen LogP contribution is 2.42. The normalized spacial score (nSPS) is 15.4. The predicted octanol–water partition coefficient (Wildman–Crippen LogP) is 4.19. The van der Waals surface area contributed by atoms with Gasteiger partial charge in [-0.05, 0) is 47.9 Å². The molecule has 0 aliphatic carbocycles. The zero-order chi connectivity index (χ0) is 23.1. The van der Waals surface area contributed by atoms with Gasteiger partial charge in [-0.25, -0.2) is 9.29 Å². The molecule has 33 heavy (non-hydrogen) atoms. The fourth-order valence-electron chi connectivity index (χ4n) is 4.40. The van der Waals surface area contributed by atoms with Crippen molar-refractivity contribution in [1.82, 2.24) is 0 Å². The van der Waals surface area contributed by atoms with Crippen LogP contribution in [-0.4, -0.2) is 32.6 Å². The van der Waals surface area contributed by atoms with Crippen LogP contribution < -0.4 is 19.3 Å². The molecule has 0 saturated heterocycles. The van der Waals surface area contributed by atoms with Crippen LogP contribution in [0, 0.1) is 5.82 Å². The zero-order valence-electron chi connectivity index (χ0n) is 18.2. The SMILES string of the molecule is COc1ccc(N2C(=O)C(c3ccc(F)cc3)=C(N3CCc4ccccc43)C2=O)c(OC)c1. The molecule has 0 atom stereocenters. The van der Waals surface area contributed by atoms with Crippen LogP contribution in [0.1, 0.15) is 11.1 Å². The van der Waals surface area contributed by atoms with Crippen molar-refractivity contribution in [2.75, 3.05) is 30.6 Å². The first-order valence-electron chi connectivity index (χ1n) is 10.5. The van der Waals surface area contributed by atoms with Gasteiger partial charge in [0.25, 0.3) is 11.8 Å². The molecule has 0 saturated carbocycles. The molecule has 2 aliphatic heterocycles. The van der Waals surface area contributed by atoms with E-state index < -0.39 is 17.6 Å². The Labute approximate surface area is 190 Å². The quantitative estimate of drug-likeness (QED) is 0.553. The van der Waals surface area contributed by atoms with Gasteiger partial charge in [0.05, 0.1) is 25.5 Å². The third-order valence-electron chi connectivity index (χ3n) is 5.98. The number of fused-ring (bicyclic) bond motifs is 1. The maximum absolute atomic E-state index is 13.8. The van der Waals surface area contributed by atoms with E-state index in [0.717, 1.165) is 22.6 Å². The van der Waals surface area contributed by atoms with E-state index in [1.165, 1.54) is 38.5 Å². The van der Waals surface area contributed by atoms with Crippen molar-refractivity contribution in [3.05, 3.63) is 89.4 Å². The van der Waals surface area contributed by atoms with Gasteiger partial charge in [0.2, 0.25) is 0 Å². The minimum Gasteiger partial charge on any atom is -0.497 e. The Balaban J connectivity index is 1.68. The molecule has 3 aromatic carbocycles. The van der Waals surface area contributed by atoms with E-state index in [1.807, 2.05) is 29.2 Å². The number of carbonyl (C=O) groups is 2. The lowest BCUT2D eigenvalue weighted by Crippen LogP contribution is -2.35. The summed E-state index contributed by atoms with van der Waals surface area (Å²) in [6.07, 6.45) is 0.754. The van der Waals surface area contributed by atoms with Crippen LogP contribution in [0.25, 0.3) is 5.57 Å². The van der Waals surface area contributed by atoms with Crippen molar-refractivity contribution in [3.8, 4) is 11.5 Å². The Morgan fingerprint density at radius 3 is 2.33 bits per heavy atom. The molecule has 3 aromatic rings. The standard InChI is InChI=1S/C26H21FN2O4/c1-32-19-11-12-21(22(15-19)33-2)29-25(30)23(17-7-9-18(27)10-8-17)24(26(29)31)28-14-13-16-5-3-4-6-20(16)28/h3-12,15H,13-14H2,1-2H3. The van der Waals surface area contributed by atoms with Crippen molar-refractivity contribution in [1.29, 1.82) is 0 Å². The summed E-state index contributed by atoms with van der Waals surface area (Å²) in [7, 11) is 2.99. The van der Waals surface area contributed by atoms with Gasteiger partial charge < -0.3 is 14.4 Å². The van der Waals surface area contributed by atoms with Crippen molar-refractivity contribution in [2.24, 2.45) is 0 Å². The van der Waals surface area contributed by atoms with Gasteiger partial charge in [0, 0.05) is 18.3 Å². The first-order valence-corrected chi connectivity index (χ1v) is 10.5. The summed E-state index contributed by atoms with van der Waals surface area (Å²) in [4.78, 5) is 30.6. The van der Waals surface area contributed by atoms with Crippen LogP contribution in [0.4, 0.5) is 15.8 Å². The number of hydrogen-bond acceptors (Lipinski definition) is 5. The third-order valence-corrected chi connectivity index (χ3v) is 5.98. The number of hydrogen-bond donors (Lipinski definition) is 0. The van der Waals surface area contributed by atoms with Crippen molar-refractivity contribution in [3.63, 3.8) is 0 Å². The molecule has 0 spiro atoms. The number of imide groups is 1. The largest absolute Gasteiger partial charge is 0.497 e. The van der Waals surface area contributed by atoms with Gasteiger partial charge in [0.15, 0.2) is 0 Å². The van der Waals surface area contributed by atoms with E-state index in [2.05, 4.69) is 0 Å². The third kappa shape index (κ3) is 3.33. The maximum atomic E-state index is 13.8. The van der Waals surface area contributed by atoms with Crippen LogP contribution in [0.15, 0.2) is 72.4 Å². The number of carbonyl (C=O) groups excluding carboxylic acids is 2. The molecule has 0 unspecified atom stereocenters. The second kappa shape index (κ2) is 8.09. The Hall–Kier alpha value is -4.13. The summed E-state index contributed by atoms with van der Waals surface area (Å²) in [5.41, 5.74) is 3.28. The van der Waals surface area contributed by atoms with Crippen LogP contribution in [-0.2, 0) is 16.0 Å². The molecule has 0 N–H and O–H groups in total. The van der Waals surface area contributed by atoms with E-state index in [4.69, 9.17) is 9.47 Å². The minimum absolute atomic E-state index is 0.231. The molecule has 2 heterocycles. The van der Waals surface area contributed by atoms with Crippen molar-refractivity contribution < 1.29 is 23.5 Å². The molecule has 0 aromatic heterocycles. The number of ether oxygens (including phenoxy) is 2.